The van der Waals surface area contributed by atoms with Crippen molar-refractivity contribution in [2.24, 2.45) is 5.41 Å². The lowest BCUT2D eigenvalue weighted by molar-refractivity contribution is 0.0751. The van der Waals surface area contributed by atoms with Crippen LogP contribution in [0.15, 0.2) is 40.9 Å². The van der Waals surface area contributed by atoms with E-state index in [1.54, 1.807) is 0 Å². The fourth-order valence-corrected chi connectivity index (χ4v) is 3.82. The Kier molecular flexibility index (Phi) is 3.68. The first-order valence-corrected chi connectivity index (χ1v) is 8.13. The number of carbonyl (C=O) groups excluding carboxylic acids is 1. The van der Waals surface area contributed by atoms with Crippen LogP contribution in [0.3, 0.4) is 0 Å². The SMILES string of the molecule is CC1(C(=O)c2ccc(Br)c3ccccc23)CCCCC1. The van der Waals surface area contributed by atoms with E-state index in [1.165, 1.54) is 19.3 Å². The minimum Gasteiger partial charge on any atom is -0.294 e. The maximum Gasteiger partial charge on any atom is 0.169 e. The van der Waals surface area contributed by atoms with Gasteiger partial charge in [-0.05, 0) is 35.7 Å². The van der Waals surface area contributed by atoms with Crippen molar-refractivity contribution in [3.63, 3.8) is 0 Å². The van der Waals surface area contributed by atoms with Crippen LogP contribution >= 0.6 is 15.9 Å². The van der Waals surface area contributed by atoms with E-state index >= 15 is 0 Å². The minimum atomic E-state index is -0.172. The Hall–Kier alpha value is -1.15. The summed E-state index contributed by atoms with van der Waals surface area (Å²) in [7, 11) is 0. The van der Waals surface area contributed by atoms with Crippen LogP contribution in [0.2, 0.25) is 0 Å². The van der Waals surface area contributed by atoms with Gasteiger partial charge >= 0.3 is 0 Å². The van der Waals surface area contributed by atoms with Crippen molar-refractivity contribution in [3.05, 3.63) is 46.4 Å². The van der Waals surface area contributed by atoms with E-state index in [-0.39, 0.29) is 5.41 Å². The van der Waals surface area contributed by atoms with Gasteiger partial charge in [-0.2, -0.15) is 0 Å². The van der Waals surface area contributed by atoms with Crippen molar-refractivity contribution in [1.82, 2.24) is 0 Å². The molecule has 0 aromatic heterocycles. The Bertz CT molecular complexity index is 654. The quantitative estimate of drug-likeness (QED) is 0.640. The van der Waals surface area contributed by atoms with Gasteiger partial charge in [0.05, 0.1) is 0 Å². The zero-order chi connectivity index (χ0) is 14.2. The molecule has 104 valence electrons. The smallest absolute Gasteiger partial charge is 0.169 e. The summed E-state index contributed by atoms with van der Waals surface area (Å²) < 4.78 is 1.05. The summed E-state index contributed by atoms with van der Waals surface area (Å²) in [6, 6.07) is 12.1. The van der Waals surface area contributed by atoms with Crippen LogP contribution in [0.4, 0.5) is 0 Å². The third kappa shape index (κ3) is 2.31. The van der Waals surface area contributed by atoms with Crippen LogP contribution < -0.4 is 0 Å². The second-order valence-electron chi connectivity index (χ2n) is 6.09. The van der Waals surface area contributed by atoms with Gasteiger partial charge in [0, 0.05) is 15.5 Å². The van der Waals surface area contributed by atoms with Gasteiger partial charge in [-0.1, -0.05) is 66.4 Å². The zero-order valence-electron chi connectivity index (χ0n) is 11.8. The number of carbonyl (C=O) groups is 1. The number of halogens is 1. The molecule has 0 bridgehead atoms. The molecule has 2 aromatic carbocycles. The Morgan fingerprint density at radius 2 is 1.65 bits per heavy atom. The molecular weight excluding hydrogens is 312 g/mol. The predicted molar refractivity (Wildman–Crippen MR) is 87.2 cm³/mol. The van der Waals surface area contributed by atoms with E-state index in [0.717, 1.165) is 33.7 Å². The van der Waals surface area contributed by atoms with E-state index < -0.39 is 0 Å². The third-order valence-electron chi connectivity index (χ3n) is 4.62. The van der Waals surface area contributed by atoms with Crippen molar-refractivity contribution in [2.75, 3.05) is 0 Å². The highest BCUT2D eigenvalue weighted by Crippen LogP contribution is 2.40. The van der Waals surface area contributed by atoms with Crippen LogP contribution in [0.1, 0.15) is 49.4 Å². The standard InChI is InChI=1S/C18H19BrO/c1-18(11-5-2-6-12-18)17(20)15-9-10-16(19)14-8-4-3-7-13(14)15/h3-4,7-10H,2,5-6,11-12H2,1H3. The average Bonchev–Trinajstić information content (AvgIpc) is 2.48. The Balaban J connectivity index is 2.10. The van der Waals surface area contributed by atoms with E-state index in [9.17, 15) is 4.79 Å². The first-order valence-electron chi connectivity index (χ1n) is 7.34. The summed E-state index contributed by atoms with van der Waals surface area (Å²) in [5, 5.41) is 2.19. The molecule has 2 aromatic rings. The molecule has 1 nitrogen and oxygen atoms in total. The molecule has 1 aliphatic rings. The highest BCUT2D eigenvalue weighted by molar-refractivity contribution is 9.10. The molecule has 1 saturated carbocycles. The van der Waals surface area contributed by atoms with E-state index in [1.807, 2.05) is 24.3 Å². The van der Waals surface area contributed by atoms with Crippen LogP contribution in [0.5, 0.6) is 0 Å². The summed E-state index contributed by atoms with van der Waals surface area (Å²) >= 11 is 3.58. The third-order valence-corrected chi connectivity index (χ3v) is 5.31. The highest BCUT2D eigenvalue weighted by atomic mass is 79.9. The Morgan fingerprint density at radius 1 is 1.00 bits per heavy atom. The van der Waals surface area contributed by atoms with Crippen molar-refractivity contribution < 1.29 is 4.79 Å². The Labute approximate surface area is 128 Å². The summed E-state index contributed by atoms with van der Waals surface area (Å²) in [4.78, 5) is 13.0. The fraction of sp³-hybridized carbons (Fsp3) is 0.389. The number of hydrogen-bond donors (Lipinski definition) is 0. The van der Waals surface area contributed by atoms with Gasteiger partial charge in [-0.15, -0.1) is 0 Å². The monoisotopic (exact) mass is 330 g/mol. The average molecular weight is 331 g/mol. The normalized spacial score (nSPS) is 18.1. The topological polar surface area (TPSA) is 17.1 Å². The molecule has 0 N–H and O–H groups in total. The summed E-state index contributed by atoms with van der Waals surface area (Å²) in [5.41, 5.74) is 0.711. The van der Waals surface area contributed by atoms with Gasteiger partial charge in [-0.3, -0.25) is 4.79 Å². The first-order chi connectivity index (χ1) is 9.62. The lowest BCUT2D eigenvalue weighted by atomic mass is 9.70. The number of benzene rings is 2. The molecule has 0 aliphatic heterocycles. The lowest BCUT2D eigenvalue weighted by Gasteiger charge is -2.32. The molecule has 0 spiro atoms. The molecule has 20 heavy (non-hydrogen) atoms. The predicted octanol–water partition coefficient (Wildman–Crippen LogP) is 5.76. The number of rotatable bonds is 2. The summed E-state index contributed by atoms with van der Waals surface area (Å²) in [6.07, 6.45) is 5.67. The fourth-order valence-electron chi connectivity index (χ4n) is 3.34. The maximum atomic E-state index is 13.0. The first kappa shape index (κ1) is 13.8. The van der Waals surface area contributed by atoms with Crippen molar-refractivity contribution in [2.45, 2.75) is 39.0 Å². The molecule has 0 saturated heterocycles. The van der Waals surface area contributed by atoms with E-state index in [2.05, 4.69) is 35.0 Å². The molecule has 0 radical (unpaired) electrons. The van der Waals surface area contributed by atoms with Crippen LogP contribution in [-0.2, 0) is 0 Å². The number of ketones is 1. The molecule has 0 unspecified atom stereocenters. The summed E-state index contributed by atoms with van der Waals surface area (Å²) in [6.45, 7) is 2.14. The maximum absolute atomic E-state index is 13.0. The molecule has 0 amide bonds. The highest BCUT2D eigenvalue weighted by Gasteiger charge is 2.35. The molecule has 0 atom stereocenters. The van der Waals surface area contributed by atoms with Gasteiger partial charge in [-0.25, -0.2) is 0 Å². The number of hydrogen-bond acceptors (Lipinski definition) is 1. The second-order valence-corrected chi connectivity index (χ2v) is 6.95. The molecule has 0 heterocycles. The van der Waals surface area contributed by atoms with Crippen molar-refractivity contribution >= 4 is 32.5 Å². The van der Waals surface area contributed by atoms with Crippen LogP contribution in [0, 0.1) is 5.41 Å². The van der Waals surface area contributed by atoms with Crippen molar-refractivity contribution in [1.29, 1.82) is 0 Å². The molecular formula is C18H19BrO. The molecule has 3 rings (SSSR count). The lowest BCUT2D eigenvalue weighted by Crippen LogP contribution is -2.30. The van der Waals surface area contributed by atoms with Gasteiger partial charge < -0.3 is 0 Å². The van der Waals surface area contributed by atoms with E-state index in [0.29, 0.717) is 5.78 Å². The molecule has 1 fully saturated rings. The minimum absolute atomic E-state index is 0.172. The second kappa shape index (κ2) is 5.33. The summed E-state index contributed by atoms with van der Waals surface area (Å²) in [5.74, 6) is 0.320. The number of fused-ring (bicyclic) bond motifs is 1. The van der Waals surface area contributed by atoms with Crippen molar-refractivity contribution in [3.8, 4) is 0 Å². The van der Waals surface area contributed by atoms with E-state index in [4.69, 9.17) is 0 Å². The van der Waals surface area contributed by atoms with Gasteiger partial charge in [0.25, 0.3) is 0 Å². The zero-order valence-corrected chi connectivity index (χ0v) is 13.4. The van der Waals surface area contributed by atoms with Gasteiger partial charge in [0.1, 0.15) is 0 Å². The van der Waals surface area contributed by atoms with Gasteiger partial charge in [0.15, 0.2) is 5.78 Å². The van der Waals surface area contributed by atoms with Gasteiger partial charge in [0.2, 0.25) is 0 Å². The molecule has 2 heteroatoms. The Morgan fingerprint density at radius 3 is 2.35 bits per heavy atom. The molecule has 1 aliphatic carbocycles. The van der Waals surface area contributed by atoms with Crippen LogP contribution in [-0.4, -0.2) is 5.78 Å². The largest absolute Gasteiger partial charge is 0.294 e. The van der Waals surface area contributed by atoms with Crippen LogP contribution in [0.25, 0.3) is 10.8 Å². The number of Topliss-reactive ketones (excluding diaryl/α,β-unsaturated/α-hetero) is 1.